The van der Waals surface area contributed by atoms with Crippen molar-refractivity contribution in [3.63, 3.8) is 0 Å². The monoisotopic (exact) mass is 151 g/mol. The summed E-state index contributed by atoms with van der Waals surface area (Å²) in [6, 6.07) is 0. The molecule has 0 saturated carbocycles. The Hall–Kier alpha value is -0.563. The molecule has 0 aliphatic heterocycles. The molecule has 55 valence electrons. The van der Waals surface area contributed by atoms with E-state index in [0.29, 0.717) is 0 Å². The van der Waals surface area contributed by atoms with Crippen LogP contribution in [0.25, 0.3) is 0 Å². The Kier molecular flexibility index (Phi) is 6.19. The molecule has 0 amide bonds. The highest BCUT2D eigenvalue weighted by Gasteiger charge is 1.92. The van der Waals surface area contributed by atoms with Gasteiger partial charge >= 0.3 is 0 Å². The number of hydrogen-bond donors (Lipinski definition) is 0. The molecule has 0 heterocycles. The average Bonchev–Trinajstić information content (AvgIpc) is 1.90. The van der Waals surface area contributed by atoms with Gasteiger partial charge in [-0.2, -0.15) is 0 Å². The largest absolute Gasteiger partial charge is 0.130 e. The molecule has 0 aliphatic rings. The van der Waals surface area contributed by atoms with Gasteiger partial charge in [-0.25, -0.2) is 0 Å². The van der Waals surface area contributed by atoms with Crippen molar-refractivity contribution in [3.05, 3.63) is 35.3 Å². The third kappa shape index (κ3) is 4.33. The zero-order chi connectivity index (χ0) is 7.82. The van der Waals surface area contributed by atoms with Gasteiger partial charge in [-0.15, -0.1) is 0 Å². The van der Waals surface area contributed by atoms with Crippen LogP contribution in [0.3, 0.4) is 0 Å². The van der Waals surface area contributed by atoms with E-state index in [0.717, 1.165) is 0 Å². The van der Waals surface area contributed by atoms with Crippen molar-refractivity contribution in [2.24, 2.45) is 0 Å². The SMILES string of the molecule is C/C=C\[Si](/C=C\C)/C=C\C. The molecule has 0 saturated heterocycles. The first-order chi connectivity index (χ1) is 4.85. The molecular weight excluding hydrogens is 136 g/mol. The second-order valence-electron chi connectivity index (χ2n) is 2.00. The van der Waals surface area contributed by atoms with Crippen LogP contribution < -0.4 is 0 Å². The summed E-state index contributed by atoms with van der Waals surface area (Å²) >= 11 is 0. The lowest BCUT2D eigenvalue weighted by Crippen LogP contribution is -2.00. The standard InChI is InChI=1S/C9H15Si/c1-4-7-10(8-5-2)9-6-3/h4-9H,1-3H3/b7-4-,8-5-,9-6-. The lowest BCUT2D eigenvalue weighted by molar-refractivity contribution is 1.73. The van der Waals surface area contributed by atoms with Gasteiger partial charge in [0.15, 0.2) is 0 Å². The Balaban J connectivity index is 3.97. The quantitative estimate of drug-likeness (QED) is 0.544. The molecule has 0 fully saturated rings. The fourth-order valence-electron chi connectivity index (χ4n) is 0.744. The molecule has 0 nitrogen and oxygen atoms in total. The van der Waals surface area contributed by atoms with Crippen LogP contribution in [0.2, 0.25) is 0 Å². The van der Waals surface area contributed by atoms with Gasteiger partial charge in [-0.1, -0.05) is 35.3 Å². The maximum absolute atomic E-state index is 2.27. The molecule has 0 unspecified atom stereocenters. The van der Waals surface area contributed by atoms with E-state index in [-0.39, 0.29) is 0 Å². The Morgan fingerprint density at radius 3 is 1.20 bits per heavy atom. The maximum Gasteiger partial charge on any atom is 0.130 e. The van der Waals surface area contributed by atoms with Gasteiger partial charge in [0.25, 0.3) is 0 Å². The summed E-state index contributed by atoms with van der Waals surface area (Å²) < 4.78 is 0. The molecule has 0 rings (SSSR count). The van der Waals surface area contributed by atoms with Crippen LogP contribution in [-0.4, -0.2) is 8.80 Å². The number of allylic oxidation sites excluding steroid dienone is 3. The minimum atomic E-state index is -0.439. The topological polar surface area (TPSA) is 0 Å². The minimum Gasteiger partial charge on any atom is -0.0950 e. The van der Waals surface area contributed by atoms with E-state index in [4.69, 9.17) is 0 Å². The summed E-state index contributed by atoms with van der Waals surface area (Å²) in [6.45, 7) is 6.20. The zero-order valence-corrected chi connectivity index (χ0v) is 7.96. The molecule has 0 bridgehead atoms. The number of hydrogen-bond acceptors (Lipinski definition) is 0. The van der Waals surface area contributed by atoms with E-state index in [1.54, 1.807) is 0 Å². The molecule has 0 atom stereocenters. The maximum atomic E-state index is 2.27. The summed E-state index contributed by atoms with van der Waals surface area (Å²) in [7, 11) is -0.439. The Bertz CT molecular complexity index is 114. The van der Waals surface area contributed by atoms with E-state index in [2.05, 4.69) is 56.1 Å². The van der Waals surface area contributed by atoms with Crippen LogP contribution in [0.4, 0.5) is 0 Å². The highest BCUT2D eigenvalue weighted by atomic mass is 28.3. The Labute approximate surface area is 65.6 Å². The van der Waals surface area contributed by atoms with Crippen molar-refractivity contribution >= 4 is 8.80 Å². The highest BCUT2D eigenvalue weighted by Crippen LogP contribution is 1.90. The fraction of sp³-hybridized carbons (Fsp3) is 0.333. The summed E-state index contributed by atoms with van der Waals surface area (Å²) in [4.78, 5) is 0. The fourth-order valence-corrected chi connectivity index (χ4v) is 2.23. The summed E-state index contributed by atoms with van der Waals surface area (Å²) in [5.74, 6) is 0. The Morgan fingerprint density at radius 2 is 1.00 bits per heavy atom. The first-order valence-electron chi connectivity index (χ1n) is 3.60. The molecule has 0 aromatic carbocycles. The predicted molar refractivity (Wildman–Crippen MR) is 50.2 cm³/mol. The van der Waals surface area contributed by atoms with Crippen molar-refractivity contribution in [1.29, 1.82) is 0 Å². The molecule has 10 heavy (non-hydrogen) atoms. The van der Waals surface area contributed by atoms with Crippen LogP contribution in [0.5, 0.6) is 0 Å². The third-order valence-corrected chi connectivity index (χ3v) is 3.23. The van der Waals surface area contributed by atoms with Gasteiger partial charge in [0.2, 0.25) is 0 Å². The van der Waals surface area contributed by atoms with Gasteiger partial charge in [-0.05, 0) is 20.8 Å². The molecule has 0 aliphatic carbocycles. The van der Waals surface area contributed by atoms with Gasteiger partial charge in [-0.3, -0.25) is 0 Å². The van der Waals surface area contributed by atoms with E-state index >= 15 is 0 Å². The van der Waals surface area contributed by atoms with Gasteiger partial charge in [0.05, 0.1) is 0 Å². The second-order valence-corrected chi connectivity index (χ2v) is 4.00. The van der Waals surface area contributed by atoms with Crippen molar-refractivity contribution in [2.75, 3.05) is 0 Å². The van der Waals surface area contributed by atoms with Crippen LogP contribution in [0.1, 0.15) is 20.8 Å². The normalized spacial score (nSPS) is 13.2. The molecule has 0 N–H and O–H groups in total. The molecule has 1 radical (unpaired) electrons. The van der Waals surface area contributed by atoms with E-state index in [1.807, 2.05) is 0 Å². The summed E-state index contributed by atoms with van der Waals surface area (Å²) in [6.07, 6.45) is 6.36. The van der Waals surface area contributed by atoms with Crippen LogP contribution in [0, 0.1) is 0 Å². The Morgan fingerprint density at radius 1 is 0.700 bits per heavy atom. The molecule has 1 heteroatoms. The van der Waals surface area contributed by atoms with Crippen molar-refractivity contribution in [2.45, 2.75) is 20.8 Å². The van der Waals surface area contributed by atoms with Gasteiger partial charge < -0.3 is 0 Å². The second kappa shape index (κ2) is 6.56. The van der Waals surface area contributed by atoms with E-state index in [9.17, 15) is 0 Å². The lowest BCUT2D eigenvalue weighted by atomic mass is 10.8. The molecule has 0 spiro atoms. The van der Waals surface area contributed by atoms with Crippen molar-refractivity contribution in [1.82, 2.24) is 0 Å². The minimum absolute atomic E-state index is 0.439. The van der Waals surface area contributed by atoms with Crippen LogP contribution in [0.15, 0.2) is 35.3 Å². The number of rotatable bonds is 3. The zero-order valence-electron chi connectivity index (χ0n) is 6.96. The third-order valence-electron chi connectivity index (χ3n) is 1.08. The summed E-state index contributed by atoms with van der Waals surface area (Å²) in [5.41, 5.74) is 6.81. The van der Waals surface area contributed by atoms with Crippen LogP contribution >= 0.6 is 0 Å². The van der Waals surface area contributed by atoms with Crippen molar-refractivity contribution in [3.8, 4) is 0 Å². The van der Waals surface area contributed by atoms with Crippen molar-refractivity contribution < 1.29 is 0 Å². The highest BCUT2D eigenvalue weighted by molar-refractivity contribution is 6.74. The smallest absolute Gasteiger partial charge is 0.0950 e. The molecular formula is C9H15Si. The summed E-state index contributed by atoms with van der Waals surface area (Å²) in [5, 5.41) is 0. The van der Waals surface area contributed by atoms with Crippen LogP contribution in [-0.2, 0) is 0 Å². The van der Waals surface area contributed by atoms with Gasteiger partial charge in [0, 0.05) is 0 Å². The molecule has 0 aromatic heterocycles. The lowest BCUT2D eigenvalue weighted by Gasteiger charge is -1.93. The van der Waals surface area contributed by atoms with E-state index in [1.165, 1.54) is 0 Å². The van der Waals surface area contributed by atoms with Gasteiger partial charge in [0.1, 0.15) is 8.80 Å². The predicted octanol–water partition coefficient (Wildman–Crippen LogP) is 2.83. The average molecular weight is 151 g/mol. The first-order valence-corrected chi connectivity index (χ1v) is 5.33. The molecule has 0 aromatic rings. The first kappa shape index (κ1) is 9.44. The van der Waals surface area contributed by atoms with E-state index < -0.39 is 8.80 Å².